The van der Waals surface area contributed by atoms with Crippen LogP contribution in [0.15, 0.2) is 11.6 Å². The van der Waals surface area contributed by atoms with E-state index in [9.17, 15) is 0 Å². The molecule has 0 atom stereocenters. The van der Waals surface area contributed by atoms with Crippen LogP contribution in [0, 0.1) is 5.88 Å². The van der Waals surface area contributed by atoms with E-state index in [0.29, 0.717) is 0 Å². The summed E-state index contributed by atoms with van der Waals surface area (Å²) in [5.74, 6) is 2.60. The monoisotopic (exact) mass is 114 g/mol. The first-order chi connectivity index (χ1) is 3.43. The fraction of sp³-hybridized carbons (Fsp3) is 0.500. The van der Waals surface area contributed by atoms with E-state index in [0.717, 1.165) is 6.42 Å². The van der Waals surface area contributed by atoms with Crippen molar-refractivity contribution >= 4 is 11.6 Å². The molecule has 0 aliphatic heterocycles. The Morgan fingerprint density at radius 1 is 1.71 bits per heavy atom. The van der Waals surface area contributed by atoms with Crippen LogP contribution in [0.2, 0.25) is 0 Å². The SMILES string of the molecule is Cl[C]C1=CCCC1. The van der Waals surface area contributed by atoms with E-state index < -0.39 is 0 Å². The summed E-state index contributed by atoms with van der Waals surface area (Å²) in [7, 11) is 0. The Labute approximate surface area is 49.2 Å². The highest BCUT2D eigenvalue weighted by molar-refractivity contribution is 6.25. The Balaban J connectivity index is 2.36. The largest absolute Gasteiger partial charge is 0.116 e. The van der Waals surface area contributed by atoms with Gasteiger partial charge in [-0.3, -0.25) is 0 Å². The standard InChI is InChI=1S/C6H7Cl/c7-5-6-3-1-2-4-6/h3H,1-2,4H2. The van der Waals surface area contributed by atoms with Gasteiger partial charge in [0.25, 0.3) is 0 Å². The van der Waals surface area contributed by atoms with E-state index in [4.69, 9.17) is 11.6 Å². The summed E-state index contributed by atoms with van der Waals surface area (Å²) in [5, 5.41) is 0. The van der Waals surface area contributed by atoms with Crippen LogP contribution in [0.1, 0.15) is 19.3 Å². The van der Waals surface area contributed by atoms with Gasteiger partial charge in [0.2, 0.25) is 0 Å². The van der Waals surface area contributed by atoms with Crippen LogP contribution in [-0.4, -0.2) is 0 Å². The van der Waals surface area contributed by atoms with Gasteiger partial charge in [0, 0.05) is 0 Å². The summed E-state index contributed by atoms with van der Waals surface area (Å²) in [6.07, 6.45) is 5.71. The van der Waals surface area contributed by atoms with E-state index in [1.165, 1.54) is 18.4 Å². The summed E-state index contributed by atoms with van der Waals surface area (Å²) in [4.78, 5) is 0. The first-order valence-electron chi connectivity index (χ1n) is 2.49. The van der Waals surface area contributed by atoms with Crippen molar-refractivity contribution in [3.05, 3.63) is 17.5 Å². The molecule has 0 saturated carbocycles. The highest BCUT2D eigenvalue weighted by atomic mass is 35.5. The molecule has 0 aromatic rings. The molecule has 0 heterocycles. The maximum Gasteiger partial charge on any atom is 0.116 e. The van der Waals surface area contributed by atoms with E-state index in [1.54, 1.807) is 0 Å². The van der Waals surface area contributed by atoms with Gasteiger partial charge < -0.3 is 0 Å². The van der Waals surface area contributed by atoms with Gasteiger partial charge in [-0.25, -0.2) is 0 Å². The molecule has 0 unspecified atom stereocenters. The molecular weight excluding hydrogens is 108 g/mol. The minimum atomic E-state index is 1.13. The minimum absolute atomic E-state index is 1.13. The van der Waals surface area contributed by atoms with E-state index in [1.807, 2.05) is 0 Å². The molecule has 0 bridgehead atoms. The fourth-order valence-corrected chi connectivity index (χ4v) is 0.928. The molecule has 0 N–H and O–H groups in total. The van der Waals surface area contributed by atoms with Crippen molar-refractivity contribution < 1.29 is 0 Å². The van der Waals surface area contributed by atoms with Crippen molar-refractivity contribution in [1.29, 1.82) is 0 Å². The molecule has 1 aliphatic rings. The summed E-state index contributed by atoms with van der Waals surface area (Å²) in [6, 6.07) is 0. The molecule has 0 aromatic heterocycles. The van der Waals surface area contributed by atoms with Gasteiger partial charge in [0.05, 0.1) is 0 Å². The van der Waals surface area contributed by atoms with Crippen LogP contribution in [0.4, 0.5) is 0 Å². The Bertz CT molecular complexity index is 84.2. The lowest BCUT2D eigenvalue weighted by Crippen LogP contribution is -1.67. The highest BCUT2D eigenvalue weighted by Gasteiger charge is 2.01. The Morgan fingerprint density at radius 3 is 2.86 bits per heavy atom. The van der Waals surface area contributed by atoms with Gasteiger partial charge >= 0.3 is 0 Å². The molecule has 1 aliphatic carbocycles. The van der Waals surface area contributed by atoms with Crippen LogP contribution in [0.25, 0.3) is 0 Å². The van der Waals surface area contributed by atoms with Gasteiger partial charge in [0.1, 0.15) is 5.88 Å². The molecule has 0 saturated heterocycles. The number of halogens is 1. The summed E-state index contributed by atoms with van der Waals surface area (Å²) in [5.41, 5.74) is 1.18. The van der Waals surface area contributed by atoms with Crippen LogP contribution in [-0.2, 0) is 0 Å². The van der Waals surface area contributed by atoms with Crippen molar-refractivity contribution in [3.8, 4) is 0 Å². The molecule has 0 nitrogen and oxygen atoms in total. The topological polar surface area (TPSA) is 0 Å². The number of hydrogen-bond donors (Lipinski definition) is 0. The third-order valence-corrected chi connectivity index (χ3v) is 1.41. The van der Waals surface area contributed by atoms with Gasteiger partial charge in [-0.2, -0.15) is 0 Å². The highest BCUT2D eigenvalue weighted by Crippen LogP contribution is 2.20. The number of hydrogen-bond acceptors (Lipinski definition) is 0. The average Bonchev–Trinajstić information content (AvgIpc) is 2.14. The van der Waals surface area contributed by atoms with Crippen molar-refractivity contribution in [2.75, 3.05) is 0 Å². The second-order valence-electron chi connectivity index (χ2n) is 1.72. The van der Waals surface area contributed by atoms with Gasteiger partial charge in [-0.05, 0) is 24.8 Å². The van der Waals surface area contributed by atoms with Crippen molar-refractivity contribution in [2.45, 2.75) is 19.3 Å². The molecule has 0 spiro atoms. The molecule has 0 aromatic carbocycles. The van der Waals surface area contributed by atoms with E-state index in [2.05, 4.69) is 12.0 Å². The summed E-state index contributed by atoms with van der Waals surface area (Å²) >= 11 is 5.29. The lowest BCUT2D eigenvalue weighted by molar-refractivity contribution is 0.914. The fourth-order valence-electron chi connectivity index (χ4n) is 0.757. The van der Waals surface area contributed by atoms with E-state index in [-0.39, 0.29) is 0 Å². The zero-order chi connectivity index (χ0) is 5.11. The molecular formula is C6H7Cl. The molecule has 7 heavy (non-hydrogen) atoms. The normalized spacial score (nSPS) is 19.9. The van der Waals surface area contributed by atoms with Crippen LogP contribution >= 0.6 is 11.6 Å². The first-order valence-corrected chi connectivity index (χ1v) is 2.87. The quantitative estimate of drug-likeness (QED) is 0.491. The van der Waals surface area contributed by atoms with Crippen LogP contribution < -0.4 is 0 Å². The third kappa shape index (κ3) is 1.20. The zero-order valence-electron chi connectivity index (χ0n) is 4.08. The molecule has 1 rings (SSSR count). The van der Waals surface area contributed by atoms with Crippen molar-refractivity contribution in [2.24, 2.45) is 0 Å². The van der Waals surface area contributed by atoms with Gasteiger partial charge in [-0.1, -0.05) is 6.08 Å². The van der Waals surface area contributed by atoms with Gasteiger partial charge in [0.15, 0.2) is 0 Å². The van der Waals surface area contributed by atoms with Crippen LogP contribution in [0.5, 0.6) is 0 Å². The predicted molar refractivity (Wildman–Crippen MR) is 31.0 cm³/mol. The first kappa shape index (κ1) is 5.17. The second kappa shape index (κ2) is 2.37. The minimum Gasteiger partial charge on any atom is -0.110 e. The number of allylic oxidation sites excluding steroid dienone is 2. The molecule has 2 radical (unpaired) electrons. The summed E-state index contributed by atoms with van der Waals surface area (Å²) < 4.78 is 0. The Hall–Kier alpha value is 0.0300. The van der Waals surface area contributed by atoms with Crippen molar-refractivity contribution in [3.63, 3.8) is 0 Å². The smallest absolute Gasteiger partial charge is 0.110 e. The summed E-state index contributed by atoms with van der Waals surface area (Å²) in [6.45, 7) is 0. The lowest BCUT2D eigenvalue weighted by atomic mass is 10.3. The second-order valence-corrected chi connectivity index (χ2v) is 1.91. The average molecular weight is 115 g/mol. The molecule has 1 heteroatoms. The molecule has 0 fully saturated rings. The Morgan fingerprint density at radius 2 is 2.57 bits per heavy atom. The predicted octanol–water partition coefficient (Wildman–Crippen LogP) is 2.37. The maximum absolute atomic E-state index is 5.29. The number of rotatable bonds is 1. The third-order valence-electron chi connectivity index (χ3n) is 1.16. The van der Waals surface area contributed by atoms with Crippen LogP contribution in [0.3, 0.4) is 0 Å². The van der Waals surface area contributed by atoms with E-state index >= 15 is 0 Å². The van der Waals surface area contributed by atoms with Crippen molar-refractivity contribution in [1.82, 2.24) is 0 Å². The van der Waals surface area contributed by atoms with Gasteiger partial charge in [-0.15, -0.1) is 11.6 Å². The zero-order valence-corrected chi connectivity index (χ0v) is 4.83. The lowest BCUT2D eigenvalue weighted by Gasteiger charge is -1.85. The molecule has 38 valence electrons. The Kier molecular flexibility index (Phi) is 1.75. The maximum atomic E-state index is 5.29. The molecule has 0 amide bonds.